The molecule has 1 atom stereocenters. The van der Waals surface area contributed by atoms with Crippen LogP contribution in [0.3, 0.4) is 0 Å². The van der Waals surface area contributed by atoms with Gasteiger partial charge in [0.15, 0.2) is 0 Å². The first-order chi connectivity index (χ1) is 9.78. The molecule has 4 heteroatoms. The van der Waals surface area contributed by atoms with Crippen molar-refractivity contribution in [3.05, 3.63) is 23.9 Å². The highest BCUT2D eigenvalue weighted by atomic mass is 16.5. The van der Waals surface area contributed by atoms with E-state index in [4.69, 9.17) is 4.74 Å². The number of ether oxygens (including phenoxy) is 1. The summed E-state index contributed by atoms with van der Waals surface area (Å²) in [5.74, 6) is 1.66. The molecule has 1 fully saturated rings. The van der Waals surface area contributed by atoms with Crippen molar-refractivity contribution in [2.45, 2.75) is 32.7 Å². The van der Waals surface area contributed by atoms with E-state index < -0.39 is 0 Å². The van der Waals surface area contributed by atoms with Crippen LogP contribution in [-0.4, -0.2) is 43.2 Å². The lowest BCUT2D eigenvalue weighted by molar-refractivity contribution is 0.0411. The van der Waals surface area contributed by atoms with E-state index in [2.05, 4.69) is 41.3 Å². The van der Waals surface area contributed by atoms with Gasteiger partial charge in [0.2, 0.25) is 0 Å². The molecule has 1 aromatic rings. The molecule has 0 amide bonds. The second-order valence-corrected chi connectivity index (χ2v) is 5.76. The minimum Gasteiger partial charge on any atom is -0.381 e. The summed E-state index contributed by atoms with van der Waals surface area (Å²) in [5, 5.41) is 3.30. The average Bonchev–Trinajstić information content (AvgIpc) is 2.47. The van der Waals surface area contributed by atoms with Gasteiger partial charge in [-0.25, -0.2) is 4.98 Å². The largest absolute Gasteiger partial charge is 0.381 e. The summed E-state index contributed by atoms with van der Waals surface area (Å²) in [6, 6.07) is 4.24. The van der Waals surface area contributed by atoms with Crippen LogP contribution in [0.25, 0.3) is 0 Å². The molecule has 2 rings (SSSR count). The number of anilines is 1. The maximum absolute atomic E-state index is 5.54. The van der Waals surface area contributed by atoms with Crippen LogP contribution in [0.15, 0.2) is 18.3 Å². The van der Waals surface area contributed by atoms with Crippen LogP contribution in [-0.2, 0) is 11.3 Å². The van der Waals surface area contributed by atoms with Gasteiger partial charge in [-0.3, -0.25) is 0 Å². The van der Waals surface area contributed by atoms with Crippen LogP contribution < -0.4 is 5.32 Å². The Morgan fingerprint density at radius 2 is 2.35 bits per heavy atom. The fraction of sp³-hybridized carbons (Fsp3) is 0.688. The second-order valence-electron chi connectivity index (χ2n) is 5.76. The minimum atomic E-state index is 0.687. The fourth-order valence-electron chi connectivity index (χ4n) is 2.64. The number of hydrogen-bond acceptors (Lipinski definition) is 4. The third kappa shape index (κ3) is 5.10. The molecular formula is C16H27N3O. The van der Waals surface area contributed by atoms with Gasteiger partial charge < -0.3 is 15.0 Å². The van der Waals surface area contributed by atoms with E-state index in [0.717, 1.165) is 45.1 Å². The maximum atomic E-state index is 5.54. The highest BCUT2D eigenvalue weighted by molar-refractivity contribution is 5.35. The molecule has 1 aliphatic heterocycles. The monoisotopic (exact) mass is 277 g/mol. The summed E-state index contributed by atoms with van der Waals surface area (Å²) in [7, 11) is 2.18. The highest BCUT2D eigenvalue weighted by Gasteiger charge is 2.15. The van der Waals surface area contributed by atoms with E-state index in [9.17, 15) is 0 Å². The van der Waals surface area contributed by atoms with Gasteiger partial charge in [-0.05, 0) is 43.9 Å². The Kier molecular flexibility index (Phi) is 6.27. The van der Waals surface area contributed by atoms with E-state index in [1.807, 2.05) is 6.20 Å². The number of nitrogens with zero attached hydrogens (tertiary/aromatic N) is 2. The summed E-state index contributed by atoms with van der Waals surface area (Å²) in [4.78, 5) is 6.82. The van der Waals surface area contributed by atoms with Crippen LogP contribution in [0.5, 0.6) is 0 Å². The summed E-state index contributed by atoms with van der Waals surface area (Å²) < 4.78 is 5.54. The molecule has 112 valence electrons. The SMILES string of the molecule is CCCNc1ccc(CN(C)CC2CCCOC2)cn1. The molecule has 20 heavy (non-hydrogen) atoms. The van der Waals surface area contributed by atoms with E-state index >= 15 is 0 Å². The zero-order valence-electron chi connectivity index (χ0n) is 12.8. The van der Waals surface area contributed by atoms with E-state index in [-0.39, 0.29) is 0 Å². The number of hydrogen-bond donors (Lipinski definition) is 1. The summed E-state index contributed by atoms with van der Waals surface area (Å²) in [5.41, 5.74) is 1.27. The number of rotatable bonds is 7. The van der Waals surface area contributed by atoms with Crippen molar-refractivity contribution < 1.29 is 4.74 Å². The third-order valence-corrected chi connectivity index (χ3v) is 3.66. The molecule has 0 spiro atoms. The third-order valence-electron chi connectivity index (χ3n) is 3.66. The van der Waals surface area contributed by atoms with Crippen molar-refractivity contribution in [1.82, 2.24) is 9.88 Å². The van der Waals surface area contributed by atoms with E-state index in [1.54, 1.807) is 0 Å². The van der Waals surface area contributed by atoms with Gasteiger partial charge in [-0.1, -0.05) is 13.0 Å². The topological polar surface area (TPSA) is 37.4 Å². The fourth-order valence-corrected chi connectivity index (χ4v) is 2.64. The summed E-state index contributed by atoms with van der Waals surface area (Å²) in [6.07, 6.45) is 5.60. The summed E-state index contributed by atoms with van der Waals surface area (Å²) in [6.45, 7) is 7.06. The Bertz CT molecular complexity index is 374. The van der Waals surface area contributed by atoms with Crippen molar-refractivity contribution in [3.8, 4) is 0 Å². The van der Waals surface area contributed by atoms with Crippen LogP contribution >= 0.6 is 0 Å². The standard InChI is InChI=1S/C16H27N3O/c1-3-8-17-16-7-6-14(10-18-16)11-19(2)12-15-5-4-9-20-13-15/h6-7,10,15H,3-5,8-9,11-13H2,1-2H3,(H,17,18). The molecule has 1 unspecified atom stereocenters. The van der Waals surface area contributed by atoms with Crippen molar-refractivity contribution in [2.75, 3.05) is 38.7 Å². The molecule has 1 saturated heterocycles. The van der Waals surface area contributed by atoms with Gasteiger partial charge in [0.05, 0.1) is 6.61 Å². The van der Waals surface area contributed by atoms with Crippen LogP contribution in [0, 0.1) is 5.92 Å². The predicted molar refractivity (Wildman–Crippen MR) is 82.9 cm³/mol. The predicted octanol–water partition coefficient (Wildman–Crippen LogP) is 2.76. The van der Waals surface area contributed by atoms with Gasteiger partial charge in [-0.2, -0.15) is 0 Å². The lowest BCUT2D eigenvalue weighted by Gasteiger charge is -2.27. The van der Waals surface area contributed by atoms with Crippen molar-refractivity contribution in [1.29, 1.82) is 0 Å². The smallest absolute Gasteiger partial charge is 0.125 e. The molecule has 1 N–H and O–H groups in total. The molecule has 2 heterocycles. The number of pyridine rings is 1. The number of aromatic nitrogens is 1. The molecule has 0 bridgehead atoms. The lowest BCUT2D eigenvalue weighted by atomic mass is 10.0. The van der Waals surface area contributed by atoms with Crippen LogP contribution in [0.4, 0.5) is 5.82 Å². The normalized spacial score (nSPS) is 19.2. The first-order valence-corrected chi connectivity index (χ1v) is 7.73. The zero-order chi connectivity index (χ0) is 14.2. The molecule has 1 aliphatic rings. The quantitative estimate of drug-likeness (QED) is 0.831. The molecule has 0 radical (unpaired) electrons. The molecular weight excluding hydrogens is 250 g/mol. The van der Waals surface area contributed by atoms with Gasteiger partial charge in [0.1, 0.15) is 5.82 Å². The van der Waals surface area contributed by atoms with Crippen molar-refractivity contribution >= 4 is 5.82 Å². The highest BCUT2D eigenvalue weighted by Crippen LogP contribution is 2.15. The van der Waals surface area contributed by atoms with E-state index in [0.29, 0.717) is 5.92 Å². The van der Waals surface area contributed by atoms with Crippen molar-refractivity contribution in [3.63, 3.8) is 0 Å². The average molecular weight is 277 g/mol. The van der Waals surface area contributed by atoms with Crippen molar-refractivity contribution in [2.24, 2.45) is 5.92 Å². The Balaban J connectivity index is 1.76. The van der Waals surface area contributed by atoms with Gasteiger partial charge in [0, 0.05) is 32.4 Å². The first kappa shape index (κ1) is 15.3. The Labute approximate surface area is 122 Å². The molecule has 0 saturated carbocycles. The van der Waals surface area contributed by atoms with Gasteiger partial charge in [0.25, 0.3) is 0 Å². The molecule has 0 aromatic carbocycles. The first-order valence-electron chi connectivity index (χ1n) is 7.73. The second kappa shape index (κ2) is 8.22. The molecule has 4 nitrogen and oxygen atoms in total. The lowest BCUT2D eigenvalue weighted by Crippen LogP contribution is -2.30. The molecule has 0 aliphatic carbocycles. The van der Waals surface area contributed by atoms with E-state index in [1.165, 1.54) is 18.4 Å². The maximum Gasteiger partial charge on any atom is 0.125 e. The Morgan fingerprint density at radius 1 is 1.45 bits per heavy atom. The van der Waals surface area contributed by atoms with Crippen LogP contribution in [0.1, 0.15) is 31.7 Å². The van der Waals surface area contributed by atoms with Gasteiger partial charge in [-0.15, -0.1) is 0 Å². The zero-order valence-corrected chi connectivity index (χ0v) is 12.8. The molecule has 1 aromatic heterocycles. The minimum absolute atomic E-state index is 0.687. The Morgan fingerprint density at radius 3 is 3.00 bits per heavy atom. The number of nitrogens with one attached hydrogen (secondary N) is 1. The Hall–Kier alpha value is -1.13. The summed E-state index contributed by atoms with van der Waals surface area (Å²) >= 11 is 0. The van der Waals surface area contributed by atoms with Crippen LogP contribution in [0.2, 0.25) is 0 Å². The van der Waals surface area contributed by atoms with Gasteiger partial charge >= 0.3 is 0 Å².